The van der Waals surface area contributed by atoms with Crippen molar-refractivity contribution in [2.45, 2.75) is 19.8 Å². The molecule has 0 aliphatic rings. The maximum atomic E-state index is 12.7. The van der Waals surface area contributed by atoms with E-state index in [2.05, 4.69) is 4.72 Å². The number of ketones is 1. The van der Waals surface area contributed by atoms with Crippen LogP contribution in [0.25, 0.3) is 6.08 Å². The summed E-state index contributed by atoms with van der Waals surface area (Å²) >= 11 is 0. The van der Waals surface area contributed by atoms with Crippen LogP contribution in [0.3, 0.4) is 0 Å². The van der Waals surface area contributed by atoms with E-state index in [1.165, 1.54) is 30.3 Å². The summed E-state index contributed by atoms with van der Waals surface area (Å²) in [4.78, 5) is 14.3. The molecule has 0 atom stereocenters. The molecular formula is C24H27F2N3O3S. The molecule has 0 heterocycles. The first kappa shape index (κ1) is 26.0. The lowest BCUT2D eigenvalue weighted by molar-refractivity contribution is 0.104. The number of alkyl halides is 2. The summed E-state index contributed by atoms with van der Waals surface area (Å²) in [7, 11) is -3.45. The number of nitriles is 1. The average Bonchev–Trinajstić information content (AvgIpc) is 2.81. The third kappa shape index (κ3) is 7.99. The summed E-state index contributed by atoms with van der Waals surface area (Å²) in [5, 5.41) is 9.47. The molecule has 0 aliphatic carbocycles. The second-order valence-electron chi connectivity index (χ2n) is 7.31. The van der Waals surface area contributed by atoms with Crippen LogP contribution in [0.5, 0.6) is 0 Å². The second kappa shape index (κ2) is 12.7. The summed E-state index contributed by atoms with van der Waals surface area (Å²) in [6, 6.07) is 14.4. The lowest BCUT2D eigenvalue weighted by Gasteiger charge is -2.22. The van der Waals surface area contributed by atoms with E-state index in [0.717, 1.165) is 6.42 Å². The Hall–Kier alpha value is -3.25. The number of hydrogen-bond acceptors (Lipinski definition) is 5. The molecule has 0 aliphatic heterocycles. The standard InChI is InChI=1S/C24H27F2N3O3S/c1-2-3-16-33(31,32)28-22-8-6-20(7-9-22)24(30)21(18-27)17-19-4-10-23(11-5-19)29(14-12-25)15-13-26/h4-11,17,28H,2-3,12-16H2,1H3. The van der Waals surface area contributed by atoms with Crippen molar-refractivity contribution in [1.29, 1.82) is 5.26 Å². The molecular weight excluding hydrogens is 448 g/mol. The molecule has 2 aromatic carbocycles. The van der Waals surface area contributed by atoms with Crippen molar-refractivity contribution in [2.75, 3.05) is 41.8 Å². The Bertz CT molecular complexity index is 1090. The number of nitrogens with one attached hydrogen (secondary N) is 1. The number of sulfonamides is 1. The Morgan fingerprint density at radius 2 is 1.67 bits per heavy atom. The fraction of sp³-hybridized carbons (Fsp3) is 0.333. The van der Waals surface area contributed by atoms with Gasteiger partial charge in [0, 0.05) is 30.0 Å². The predicted octanol–water partition coefficient (Wildman–Crippen LogP) is 4.76. The lowest BCUT2D eigenvalue weighted by atomic mass is 10.0. The Balaban J connectivity index is 2.15. The monoisotopic (exact) mass is 475 g/mol. The average molecular weight is 476 g/mol. The predicted molar refractivity (Wildman–Crippen MR) is 127 cm³/mol. The summed E-state index contributed by atoms with van der Waals surface area (Å²) in [6.07, 6.45) is 2.74. The van der Waals surface area contributed by atoms with Crippen LogP contribution in [0.4, 0.5) is 20.2 Å². The van der Waals surface area contributed by atoms with Gasteiger partial charge in [0.15, 0.2) is 0 Å². The maximum absolute atomic E-state index is 12.7. The van der Waals surface area contributed by atoms with Gasteiger partial charge in [-0.15, -0.1) is 0 Å². The van der Waals surface area contributed by atoms with E-state index in [9.17, 15) is 27.3 Å². The number of rotatable bonds is 13. The number of allylic oxidation sites excluding steroid dienone is 1. The van der Waals surface area contributed by atoms with Crippen LogP contribution in [0.2, 0.25) is 0 Å². The summed E-state index contributed by atoms with van der Waals surface area (Å²) in [5.74, 6) is -0.484. The van der Waals surface area contributed by atoms with Crippen molar-refractivity contribution in [1.82, 2.24) is 0 Å². The molecule has 0 radical (unpaired) electrons. The smallest absolute Gasteiger partial charge is 0.232 e. The van der Waals surface area contributed by atoms with E-state index in [4.69, 9.17) is 0 Å². The lowest BCUT2D eigenvalue weighted by Crippen LogP contribution is -2.27. The van der Waals surface area contributed by atoms with E-state index in [1.54, 1.807) is 29.2 Å². The van der Waals surface area contributed by atoms with E-state index in [1.807, 2.05) is 13.0 Å². The number of unbranched alkanes of at least 4 members (excludes halogenated alkanes) is 1. The molecule has 6 nitrogen and oxygen atoms in total. The van der Waals surface area contributed by atoms with Gasteiger partial charge in [0.25, 0.3) is 0 Å². The van der Waals surface area contributed by atoms with Crippen molar-refractivity contribution in [3.8, 4) is 6.07 Å². The molecule has 2 aromatic rings. The molecule has 0 saturated carbocycles. The zero-order chi connectivity index (χ0) is 24.3. The van der Waals surface area contributed by atoms with Crippen molar-refractivity contribution < 1.29 is 22.0 Å². The topological polar surface area (TPSA) is 90.3 Å². The number of carbonyl (C=O) groups excluding carboxylic acids is 1. The van der Waals surface area contributed by atoms with Crippen molar-refractivity contribution in [2.24, 2.45) is 0 Å². The van der Waals surface area contributed by atoms with Gasteiger partial charge in [-0.1, -0.05) is 25.5 Å². The minimum atomic E-state index is -3.45. The first-order valence-electron chi connectivity index (χ1n) is 10.6. The van der Waals surface area contributed by atoms with Crippen LogP contribution < -0.4 is 9.62 Å². The molecule has 0 unspecified atom stereocenters. The normalized spacial score (nSPS) is 11.6. The van der Waals surface area contributed by atoms with Crippen LogP contribution in [-0.2, 0) is 10.0 Å². The van der Waals surface area contributed by atoms with Gasteiger partial charge in [-0.2, -0.15) is 5.26 Å². The van der Waals surface area contributed by atoms with Crippen LogP contribution >= 0.6 is 0 Å². The molecule has 176 valence electrons. The third-order valence-corrected chi connectivity index (χ3v) is 6.20. The molecule has 2 rings (SSSR count). The SMILES string of the molecule is CCCCS(=O)(=O)Nc1ccc(C(=O)C(C#N)=Cc2ccc(N(CCF)CCF)cc2)cc1. The van der Waals surface area contributed by atoms with E-state index < -0.39 is 29.2 Å². The fourth-order valence-electron chi connectivity index (χ4n) is 3.08. The summed E-state index contributed by atoms with van der Waals surface area (Å²) in [6.45, 7) is 0.845. The highest BCUT2D eigenvalue weighted by Gasteiger charge is 2.14. The van der Waals surface area contributed by atoms with E-state index in [-0.39, 0.29) is 30.0 Å². The summed E-state index contributed by atoms with van der Waals surface area (Å²) in [5.41, 5.74) is 1.72. The second-order valence-corrected chi connectivity index (χ2v) is 9.15. The Morgan fingerprint density at radius 3 is 2.18 bits per heavy atom. The molecule has 0 amide bonds. The molecule has 0 saturated heterocycles. The number of anilines is 2. The minimum Gasteiger partial charge on any atom is -0.366 e. The Labute approximate surface area is 193 Å². The largest absolute Gasteiger partial charge is 0.366 e. The van der Waals surface area contributed by atoms with Gasteiger partial charge in [-0.05, 0) is 54.5 Å². The Kier molecular flexibility index (Phi) is 10.0. The molecule has 33 heavy (non-hydrogen) atoms. The number of hydrogen-bond donors (Lipinski definition) is 1. The van der Waals surface area contributed by atoms with Crippen molar-refractivity contribution in [3.05, 3.63) is 65.2 Å². The number of nitrogens with zero attached hydrogens (tertiary/aromatic N) is 2. The number of carbonyl (C=O) groups is 1. The van der Waals surface area contributed by atoms with Crippen LogP contribution in [0.1, 0.15) is 35.7 Å². The highest BCUT2D eigenvalue weighted by Crippen LogP contribution is 2.19. The molecule has 0 aromatic heterocycles. The quantitative estimate of drug-likeness (QED) is 0.256. The first-order valence-corrected chi connectivity index (χ1v) is 12.2. The van der Waals surface area contributed by atoms with Gasteiger partial charge < -0.3 is 4.90 Å². The molecule has 0 spiro atoms. The zero-order valence-electron chi connectivity index (χ0n) is 18.4. The Morgan fingerprint density at radius 1 is 1.06 bits per heavy atom. The van der Waals surface area contributed by atoms with Crippen molar-refractivity contribution in [3.63, 3.8) is 0 Å². The molecule has 1 N–H and O–H groups in total. The number of halogens is 2. The van der Waals surface area contributed by atoms with Gasteiger partial charge in [0.2, 0.25) is 15.8 Å². The van der Waals surface area contributed by atoms with Crippen LogP contribution in [-0.4, -0.2) is 46.4 Å². The third-order valence-electron chi connectivity index (χ3n) is 4.83. The summed E-state index contributed by atoms with van der Waals surface area (Å²) < 4.78 is 51.8. The van der Waals surface area contributed by atoms with Crippen LogP contribution in [0.15, 0.2) is 54.1 Å². The van der Waals surface area contributed by atoms with Crippen molar-refractivity contribution >= 4 is 33.3 Å². The fourth-order valence-corrected chi connectivity index (χ4v) is 4.35. The number of benzene rings is 2. The van der Waals surface area contributed by atoms with E-state index in [0.29, 0.717) is 23.4 Å². The highest BCUT2D eigenvalue weighted by molar-refractivity contribution is 7.92. The van der Waals surface area contributed by atoms with Gasteiger partial charge in [-0.25, -0.2) is 17.2 Å². The maximum Gasteiger partial charge on any atom is 0.232 e. The molecule has 0 fully saturated rings. The number of Topliss-reactive ketones (excluding diaryl/α,β-unsaturated/α-hetero) is 1. The van der Waals surface area contributed by atoms with E-state index >= 15 is 0 Å². The van der Waals surface area contributed by atoms with Crippen LogP contribution in [0, 0.1) is 11.3 Å². The minimum absolute atomic E-state index is 0.0175. The highest BCUT2D eigenvalue weighted by atomic mass is 32.2. The van der Waals surface area contributed by atoms with Gasteiger partial charge in [-0.3, -0.25) is 9.52 Å². The van der Waals surface area contributed by atoms with Gasteiger partial charge in [0.1, 0.15) is 25.0 Å². The molecule has 9 heteroatoms. The van der Waals surface area contributed by atoms with Gasteiger partial charge >= 0.3 is 0 Å². The molecule has 0 bridgehead atoms. The zero-order valence-corrected chi connectivity index (χ0v) is 19.2. The first-order chi connectivity index (χ1) is 15.8. The van der Waals surface area contributed by atoms with Gasteiger partial charge in [0.05, 0.1) is 5.75 Å².